The molecule has 1 aromatic heterocycles. The van der Waals surface area contributed by atoms with Gasteiger partial charge in [0.05, 0.1) is 38.8 Å². The summed E-state index contributed by atoms with van der Waals surface area (Å²) in [6.45, 7) is 9.34. The van der Waals surface area contributed by atoms with E-state index in [9.17, 15) is 19.5 Å². The Hall–Kier alpha value is -2.79. The average Bonchev–Trinajstić information content (AvgIpc) is 3.51. The van der Waals surface area contributed by atoms with Gasteiger partial charge >= 0.3 is 0 Å². The number of benzene rings is 2. The lowest BCUT2D eigenvalue weighted by molar-refractivity contribution is -0.142. The number of aliphatic hydroxyl groups is 1. The molecule has 0 saturated carbocycles. The Bertz CT molecular complexity index is 1440. The van der Waals surface area contributed by atoms with Crippen LogP contribution in [-0.2, 0) is 9.59 Å². The molecule has 41 heavy (non-hydrogen) atoms. The van der Waals surface area contributed by atoms with E-state index in [1.54, 1.807) is 29.5 Å². The molecule has 0 spiro atoms. The number of halogens is 2. The minimum absolute atomic E-state index is 0.00428. The molecule has 4 rings (SSSR count). The Kier molecular flexibility index (Phi) is 9.58. The van der Waals surface area contributed by atoms with Gasteiger partial charge in [0, 0.05) is 17.4 Å². The monoisotopic (exact) mass is 660 g/mol. The van der Waals surface area contributed by atoms with Crippen molar-refractivity contribution in [3.05, 3.63) is 74.3 Å². The van der Waals surface area contributed by atoms with E-state index < -0.39 is 35.4 Å². The predicted molar refractivity (Wildman–Crippen MR) is 165 cm³/mol. The summed E-state index contributed by atoms with van der Waals surface area (Å²) in [4.78, 5) is 47.2. The highest BCUT2D eigenvalue weighted by molar-refractivity contribution is 9.10. The van der Waals surface area contributed by atoms with Crippen molar-refractivity contribution in [1.82, 2.24) is 20.5 Å². The number of rotatable bonds is 7. The summed E-state index contributed by atoms with van der Waals surface area (Å²) in [5, 5.41) is 16.6. The van der Waals surface area contributed by atoms with Crippen LogP contribution in [-0.4, -0.2) is 57.4 Å². The molecule has 1 saturated heterocycles. The number of aromatic nitrogens is 1. The maximum Gasteiger partial charge on any atom is 0.253 e. The molecule has 0 unspecified atom stereocenters. The van der Waals surface area contributed by atoms with Crippen LogP contribution < -0.4 is 10.6 Å². The van der Waals surface area contributed by atoms with Gasteiger partial charge in [0.1, 0.15) is 12.1 Å². The van der Waals surface area contributed by atoms with Crippen molar-refractivity contribution in [2.45, 2.75) is 65.3 Å². The van der Waals surface area contributed by atoms with Crippen molar-refractivity contribution in [2.75, 3.05) is 6.54 Å². The van der Waals surface area contributed by atoms with E-state index in [1.165, 1.54) is 4.90 Å². The number of hydrogen-bond donors (Lipinski definition) is 3. The number of carbonyl (C=O) groups is 3. The van der Waals surface area contributed by atoms with Gasteiger partial charge < -0.3 is 20.6 Å². The Balaban J connectivity index is 1.48. The molecule has 2 aromatic carbocycles. The van der Waals surface area contributed by atoms with E-state index in [0.717, 1.165) is 26.2 Å². The van der Waals surface area contributed by atoms with E-state index in [1.807, 2.05) is 64.4 Å². The summed E-state index contributed by atoms with van der Waals surface area (Å²) in [6.07, 6.45) is -0.749. The number of aliphatic hydroxyl groups excluding tert-OH is 1. The second kappa shape index (κ2) is 12.6. The second-order valence-corrected chi connectivity index (χ2v) is 13.6. The lowest BCUT2D eigenvalue weighted by Gasteiger charge is -2.35. The Morgan fingerprint density at radius 1 is 1.15 bits per heavy atom. The number of thiazole rings is 1. The van der Waals surface area contributed by atoms with Crippen molar-refractivity contribution in [1.29, 1.82) is 0 Å². The molecule has 3 N–H and O–H groups in total. The lowest BCUT2D eigenvalue weighted by atomic mass is 9.85. The smallest absolute Gasteiger partial charge is 0.253 e. The summed E-state index contributed by atoms with van der Waals surface area (Å²) in [6, 6.07) is 10.6. The molecule has 8 nitrogen and oxygen atoms in total. The zero-order valence-corrected chi connectivity index (χ0v) is 26.7. The molecule has 1 fully saturated rings. The molecule has 3 amide bonds. The van der Waals surface area contributed by atoms with Gasteiger partial charge in [0.15, 0.2) is 0 Å². The van der Waals surface area contributed by atoms with Gasteiger partial charge in [-0.1, -0.05) is 72.6 Å². The van der Waals surface area contributed by atoms with Crippen LogP contribution in [0.2, 0.25) is 5.02 Å². The SMILES string of the molecule is Cc1ncsc1-c1ccc([C@H](C)NC(=O)[C@@H]2C[C@@H](O)CN2C(=O)[C@@H](NC(=O)c2ccc(Br)cc2Cl)C(C)(C)C)cc1. The van der Waals surface area contributed by atoms with Gasteiger partial charge in [0.2, 0.25) is 11.8 Å². The molecule has 1 aliphatic rings. The number of amides is 3. The van der Waals surface area contributed by atoms with Crippen molar-refractivity contribution in [3.8, 4) is 10.4 Å². The maximum absolute atomic E-state index is 13.9. The third-order valence-electron chi connectivity index (χ3n) is 7.21. The molecule has 4 atom stereocenters. The zero-order chi connectivity index (χ0) is 30.1. The Morgan fingerprint density at radius 2 is 1.83 bits per heavy atom. The number of nitrogens with one attached hydrogen (secondary N) is 2. The maximum atomic E-state index is 13.9. The Morgan fingerprint density at radius 3 is 2.41 bits per heavy atom. The minimum Gasteiger partial charge on any atom is -0.391 e. The fraction of sp³-hybridized carbons (Fsp3) is 0.400. The summed E-state index contributed by atoms with van der Waals surface area (Å²) in [5.41, 5.74) is 4.30. The molecule has 0 aliphatic carbocycles. The van der Waals surface area contributed by atoms with Crippen LogP contribution in [0.5, 0.6) is 0 Å². The van der Waals surface area contributed by atoms with Crippen LogP contribution in [0.15, 0.2) is 52.4 Å². The number of carbonyl (C=O) groups excluding carboxylic acids is 3. The van der Waals surface area contributed by atoms with Crippen LogP contribution in [0, 0.1) is 12.3 Å². The van der Waals surface area contributed by atoms with E-state index in [-0.39, 0.29) is 35.5 Å². The van der Waals surface area contributed by atoms with Crippen LogP contribution in [0.4, 0.5) is 0 Å². The number of aryl methyl sites for hydroxylation is 1. The standard InChI is InChI=1S/C30H34BrClN4O4S/c1-16(18-6-8-19(9-7-18)25-17(2)33-15-41-25)34-28(39)24-13-21(37)14-36(24)29(40)26(30(3,4)5)35-27(38)22-11-10-20(31)12-23(22)32/h6-12,15-16,21,24,26,37H,13-14H2,1-5H3,(H,34,39)(H,35,38)/t16-,21+,24-,26+/m0/s1. The van der Waals surface area contributed by atoms with Crippen LogP contribution in [0.25, 0.3) is 10.4 Å². The number of likely N-dealkylation sites (tertiary alicyclic amines) is 1. The summed E-state index contributed by atoms with van der Waals surface area (Å²) >= 11 is 11.2. The quantitative estimate of drug-likeness (QED) is 0.309. The highest BCUT2D eigenvalue weighted by atomic mass is 79.9. The summed E-state index contributed by atoms with van der Waals surface area (Å²) in [7, 11) is 0. The number of hydrogen-bond acceptors (Lipinski definition) is 6. The molecular weight excluding hydrogens is 628 g/mol. The van der Waals surface area contributed by atoms with E-state index in [0.29, 0.717) is 0 Å². The molecule has 1 aliphatic heterocycles. The fourth-order valence-corrected chi connectivity index (χ4v) is 6.47. The van der Waals surface area contributed by atoms with Gasteiger partial charge in [-0.3, -0.25) is 14.4 Å². The van der Waals surface area contributed by atoms with E-state index in [2.05, 4.69) is 31.5 Å². The molecule has 11 heteroatoms. The van der Waals surface area contributed by atoms with Crippen molar-refractivity contribution in [3.63, 3.8) is 0 Å². The third-order valence-corrected chi connectivity index (χ3v) is 8.99. The van der Waals surface area contributed by atoms with Crippen LogP contribution in [0.1, 0.15) is 61.8 Å². The van der Waals surface area contributed by atoms with Gasteiger partial charge in [0.25, 0.3) is 5.91 Å². The third kappa shape index (κ3) is 7.17. The number of nitrogens with zero attached hydrogens (tertiary/aromatic N) is 2. The van der Waals surface area contributed by atoms with Gasteiger partial charge in [-0.15, -0.1) is 11.3 Å². The van der Waals surface area contributed by atoms with Gasteiger partial charge in [-0.25, -0.2) is 4.98 Å². The van der Waals surface area contributed by atoms with E-state index >= 15 is 0 Å². The van der Waals surface area contributed by atoms with Crippen molar-refractivity contribution < 1.29 is 19.5 Å². The van der Waals surface area contributed by atoms with Crippen LogP contribution >= 0.6 is 38.9 Å². The normalized spacial score (nSPS) is 18.6. The molecule has 218 valence electrons. The second-order valence-electron chi connectivity index (χ2n) is 11.4. The lowest BCUT2D eigenvalue weighted by Crippen LogP contribution is -2.57. The minimum atomic E-state index is -0.963. The first-order chi connectivity index (χ1) is 19.3. The fourth-order valence-electron chi connectivity index (χ4n) is 4.90. The van der Waals surface area contributed by atoms with Crippen molar-refractivity contribution in [2.24, 2.45) is 5.41 Å². The molecular formula is C30H34BrClN4O4S. The largest absolute Gasteiger partial charge is 0.391 e. The van der Waals surface area contributed by atoms with E-state index in [4.69, 9.17) is 11.6 Å². The van der Waals surface area contributed by atoms with Crippen LogP contribution in [0.3, 0.4) is 0 Å². The number of β-amino-alcohol motifs (C(OH)–C–C–N with tert-alkyl or cyclic N) is 1. The van der Waals surface area contributed by atoms with Gasteiger partial charge in [-0.05, 0) is 48.6 Å². The highest BCUT2D eigenvalue weighted by Gasteiger charge is 2.44. The topological polar surface area (TPSA) is 112 Å². The summed E-state index contributed by atoms with van der Waals surface area (Å²) in [5.74, 6) is -1.30. The molecule has 3 aromatic rings. The molecule has 0 radical (unpaired) electrons. The first-order valence-electron chi connectivity index (χ1n) is 13.3. The zero-order valence-electron chi connectivity index (χ0n) is 23.6. The van der Waals surface area contributed by atoms with Crippen molar-refractivity contribution >= 4 is 56.6 Å². The first kappa shape index (κ1) is 31.2. The highest BCUT2D eigenvalue weighted by Crippen LogP contribution is 2.30. The predicted octanol–water partition coefficient (Wildman–Crippen LogP) is 5.52. The molecule has 2 heterocycles. The summed E-state index contributed by atoms with van der Waals surface area (Å²) < 4.78 is 0.725. The average molecular weight is 662 g/mol. The first-order valence-corrected chi connectivity index (χ1v) is 15.4. The van der Waals surface area contributed by atoms with Gasteiger partial charge in [-0.2, -0.15) is 0 Å². The molecule has 0 bridgehead atoms. The Labute approximate surface area is 257 Å².